The molecule has 0 spiro atoms. The zero-order valence-corrected chi connectivity index (χ0v) is 21.2. The Labute approximate surface area is 208 Å². The van der Waals surface area contributed by atoms with E-state index in [1.807, 2.05) is 54.6 Å². The van der Waals surface area contributed by atoms with Gasteiger partial charge in [0, 0.05) is 18.1 Å². The van der Waals surface area contributed by atoms with E-state index in [4.69, 9.17) is 16.3 Å². The van der Waals surface area contributed by atoms with Crippen molar-refractivity contribution in [1.29, 1.82) is 0 Å². The number of unbranched alkanes of at least 4 members (excludes halogenated alkanes) is 1. The van der Waals surface area contributed by atoms with Crippen LogP contribution in [0, 0.1) is 0 Å². The number of fused-ring (bicyclic) bond motifs is 1. The number of carbonyl (C=O) groups excluding carboxylic acids is 2. The van der Waals surface area contributed by atoms with Gasteiger partial charge in [-0.3, -0.25) is 9.59 Å². The minimum Gasteiger partial charge on any atom is -0.483 e. The van der Waals surface area contributed by atoms with Crippen LogP contribution in [0.15, 0.2) is 65.1 Å². The molecule has 0 bridgehead atoms. The fraction of sp³-hybridized carbons (Fsp3) is 0.308. The number of amides is 2. The topological polar surface area (TPSA) is 58.6 Å². The van der Waals surface area contributed by atoms with E-state index in [1.165, 1.54) is 4.90 Å². The number of hydrogen-bond donors (Lipinski definition) is 1. The Hall–Kier alpha value is -2.57. The highest BCUT2D eigenvalue weighted by atomic mass is 79.9. The van der Waals surface area contributed by atoms with E-state index in [1.54, 1.807) is 13.0 Å². The molecule has 0 saturated heterocycles. The number of nitrogens with one attached hydrogen (secondary N) is 1. The molecule has 33 heavy (non-hydrogen) atoms. The molecule has 1 N–H and O–H groups in total. The van der Waals surface area contributed by atoms with E-state index in [0.717, 1.165) is 33.7 Å². The smallest absolute Gasteiger partial charge is 0.261 e. The lowest BCUT2D eigenvalue weighted by Gasteiger charge is -2.29. The van der Waals surface area contributed by atoms with Gasteiger partial charge in [-0.25, -0.2) is 0 Å². The first-order valence-corrected chi connectivity index (χ1v) is 12.2. The van der Waals surface area contributed by atoms with Crippen molar-refractivity contribution >= 4 is 50.1 Å². The van der Waals surface area contributed by atoms with Crippen molar-refractivity contribution in [3.8, 4) is 5.75 Å². The van der Waals surface area contributed by atoms with Crippen LogP contribution in [0.4, 0.5) is 0 Å². The molecule has 1 atom stereocenters. The highest BCUT2D eigenvalue weighted by molar-refractivity contribution is 9.10. The molecule has 3 aromatic carbocycles. The van der Waals surface area contributed by atoms with Gasteiger partial charge in [0.15, 0.2) is 6.61 Å². The molecular weight excluding hydrogens is 504 g/mol. The molecular formula is C26H28BrClN2O3. The summed E-state index contributed by atoms with van der Waals surface area (Å²) in [7, 11) is 0. The summed E-state index contributed by atoms with van der Waals surface area (Å²) in [5.74, 6) is 0.0728. The molecule has 0 heterocycles. The molecule has 0 aromatic heterocycles. The van der Waals surface area contributed by atoms with Crippen LogP contribution in [-0.4, -0.2) is 35.9 Å². The summed E-state index contributed by atoms with van der Waals surface area (Å²) in [6.07, 6.45) is 1.86. The second kappa shape index (κ2) is 12.1. The third kappa shape index (κ3) is 6.49. The lowest BCUT2D eigenvalue weighted by molar-refractivity contribution is -0.142. The van der Waals surface area contributed by atoms with Gasteiger partial charge in [-0.2, -0.15) is 0 Å². The van der Waals surface area contributed by atoms with Gasteiger partial charge in [-0.15, -0.1) is 0 Å². The molecule has 0 unspecified atom stereocenters. The third-order valence-electron chi connectivity index (χ3n) is 5.47. The Morgan fingerprint density at radius 2 is 1.82 bits per heavy atom. The van der Waals surface area contributed by atoms with E-state index < -0.39 is 6.04 Å². The van der Waals surface area contributed by atoms with Crippen LogP contribution in [-0.2, 0) is 16.1 Å². The third-order valence-corrected chi connectivity index (χ3v) is 6.66. The highest BCUT2D eigenvalue weighted by Crippen LogP contribution is 2.33. The van der Waals surface area contributed by atoms with E-state index >= 15 is 0 Å². The second-order valence-electron chi connectivity index (χ2n) is 7.82. The van der Waals surface area contributed by atoms with Gasteiger partial charge in [0.2, 0.25) is 5.91 Å². The number of rotatable bonds is 10. The van der Waals surface area contributed by atoms with Crippen molar-refractivity contribution in [2.24, 2.45) is 0 Å². The summed E-state index contributed by atoms with van der Waals surface area (Å²) in [5.41, 5.74) is 0.771. The molecule has 5 nitrogen and oxygen atoms in total. The predicted octanol–water partition coefficient (Wildman–Crippen LogP) is 5.97. The van der Waals surface area contributed by atoms with Crippen molar-refractivity contribution in [2.75, 3.05) is 13.2 Å². The molecule has 0 fully saturated rings. The zero-order valence-electron chi connectivity index (χ0n) is 18.8. The van der Waals surface area contributed by atoms with Gasteiger partial charge < -0.3 is 15.0 Å². The van der Waals surface area contributed by atoms with Crippen molar-refractivity contribution in [3.63, 3.8) is 0 Å². The Balaban J connectivity index is 1.77. The molecule has 0 aliphatic carbocycles. The van der Waals surface area contributed by atoms with Crippen LogP contribution in [0.1, 0.15) is 32.3 Å². The summed E-state index contributed by atoms with van der Waals surface area (Å²) < 4.78 is 6.67. The Morgan fingerprint density at radius 1 is 1.09 bits per heavy atom. The predicted molar refractivity (Wildman–Crippen MR) is 137 cm³/mol. The first-order valence-electron chi connectivity index (χ1n) is 11.0. The standard InChI is InChI=1S/C26H28BrClN2O3/c1-3-4-15-29-26(32)18(2)30(16-20-10-6-8-12-22(20)28)24(31)17-33-23-14-13-19-9-5-7-11-21(19)25(23)27/h5-14,18H,3-4,15-17H2,1-2H3,(H,29,32)/t18-/m0/s1. The van der Waals surface area contributed by atoms with Crippen LogP contribution in [0.3, 0.4) is 0 Å². The molecule has 2 amide bonds. The van der Waals surface area contributed by atoms with Crippen molar-refractivity contribution in [3.05, 3.63) is 75.7 Å². The molecule has 3 rings (SSSR count). The van der Waals surface area contributed by atoms with E-state index in [-0.39, 0.29) is 25.0 Å². The molecule has 174 valence electrons. The Bertz CT molecular complexity index is 1120. The second-order valence-corrected chi connectivity index (χ2v) is 9.02. The van der Waals surface area contributed by atoms with Gasteiger partial charge in [-0.05, 0) is 57.7 Å². The number of nitrogens with zero attached hydrogens (tertiary/aromatic N) is 1. The number of ether oxygens (including phenoxy) is 1. The van der Waals surface area contributed by atoms with E-state index in [2.05, 4.69) is 28.2 Å². The maximum absolute atomic E-state index is 13.2. The number of carbonyl (C=O) groups is 2. The maximum Gasteiger partial charge on any atom is 0.261 e. The van der Waals surface area contributed by atoms with E-state index in [9.17, 15) is 9.59 Å². The van der Waals surface area contributed by atoms with Crippen LogP contribution < -0.4 is 10.1 Å². The molecule has 7 heteroatoms. The lowest BCUT2D eigenvalue weighted by Crippen LogP contribution is -2.49. The van der Waals surface area contributed by atoms with Crippen LogP contribution >= 0.6 is 27.5 Å². The van der Waals surface area contributed by atoms with Crippen LogP contribution in [0.2, 0.25) is 5.02 Å². The maximum atomic E-state index is 13.2. The minimum absolute atomic E-state index is 0.198. The van der Waals surface area contributed by atoms with Crippen molar-refractivity contribution in [1.82, 2.24) is 10.2 Å². The summed E-state index contributed by atoms with van der Waals surface area (Å²) >= 11 is 9.92. The highest BCUT2D eigenvalue weighted by Gasteiger charge is 2.27. The Kier molecular flexibility index (Phi) is 9.15. The SMILES string of the molecule is CCCCNC(=O)[C@H](C)N(Cc1ccccc1Cl)C(=O)COc1ccc2ccccc2c1Br. The first-order chi connectivity index (χ1) is 15.9. The normalized spacial score (nSPS) is 11.8. The Morgan fingerprint density at radius 3 is 2.58 bits per heavy atom. The molecule has 0 aliphatic heterocycles. The average Bonchev–Trinajstić information content (AvgIpc) is 2.82. The fourth-order valence-electron chi connectivity index (χ4n) is 3.48. The lowest BCUT2D eigenvalue weighted by atomic mass is 10.1. The van der Waals surface area contributed by atoms with Crippen LogP contribution in [0.25, 0.3) is 10.8 Å². The van der Waals surface area contributed by atoms with Gasteiger partial charge in [0.1, 0.15) is 11.8 Å². The summed E-state index contributed by atoms with van der Waals surface area (Å²) in [5, 5.41) is 5.53. The largest absolute Gasteiger partial charge is 0.483 e. The van der Waals surface area contributed by atoms with E-state index in [0.29, 0.717) is 17.3 Å². The van der Waals surface area contributed by atoms with Gasteiger partial charge in [0.05, 0.1) is 4.47 Å². The summed E-state index contributed by atoms with van der Waals surface area (Å²) in [6.45, 7) is 4.37. The quantitative estimate of drug-likeness (QED) is 0.328. The molecule has 3 aromatic rings. The van der Waals surface area contributed by atoms with Crippen molar-refractivity contribution < 1.29 is 14.3 Å². The van der Waals surface area contributed by atoms with Crippen molar-refractivity contribution in [2.45, 2.75) is 39.3 Å². The van der Waals surface area contributed by atoms with Gasteiger partial charge in [0.25, 0.3) is 5.91 Å². The number of hydrogen-bond acceptors (Lipinski definition) is 3. The number of benzene rings is 3. The summed E-state index contributed by atoms with van der Waals surface area (Å²) in [6, 6.07) is 18.3. The number of halogens is 2. The fourth-order valence-corrected chi connectivity index (χ4v) is 4.28. The molecule has 0 aliphatic rings. The zero-order chi connectivity index (χ0) is 23.8. The molecule has 0 radical (unpaired) electrons. The first kappa shape index (κ1) is 25.1. The van der Waals surface area contributed by atoms with Crippen LogP contribution in [0.5, 0.6) is 5.75 Å². The summed E-state index contributed by atoms with van der Waals surface area (Å²) in [4.78, 5) is 27.5. The van der Waals surface area contributed by atoms with Gasteiger partial charge in [-0.1, -0.05) is 73.5 Å². The minimum atomic E-state index is -0.672. The molecule has 0 saturated carbocycles. The monoisotopic (exact) mass is 530 g/mol. The average molecular weight is 532 g/mol. The van der Waals surface area contributed by atoms with Gasteiger partial charge >= 0.3 is 0 Å².